The lowest BCUT2D eigenvalue weighted by atomic mass is 10.1. The minimum atomic E-state index is -0.589. The number of carbonyl (C=O) groups is 1. The molecule has 1 aromatic heterocycles. The molecule has 178 valence electrons. The molecule has 0 fully saturated rings. The molecule has 0 radical (unpaired) electrons. The number of para-hydroxylation sites is 2. The van der Waals surface area contributed by atoms with Gasteiger partial charge < -0.3 is 10.1 Å². The number of nitrogens with zero attached hydrogens (tertiary/aromatic N) is 3. The molecule has 0 aliphatic heterocycles. The predicted molar refractivity (Wildman–Crippen MR) is 136 cm³/mol. The van der Waals surface area contributed by atoms with E-state index in [4.69, 9.17) is 4.74 Å². The molecule has 0 aliphatic carbocycles. The normalized spacial score (nSPS) is 10.8. The Labute approximate surface area is 204 Å². The number of aryl methyl sites for hydroxylation is 2. The average Bonchev–Trinajstić information content (AvgIpc) is 2.84. The second kappa shape index (κ2) is 9.98. The number of amides is 1. The number of nitrogens with one attached hydrogen (secondary N) is 1. The number of fused-ring (bicyclic) bond motifs is 1. The van der Waals surface area contributed by atoms with Crippen LogP contribution in [0.15, 0.2) is 70.6 Å². The monoisotopic (exact) mass is 490 g/mol. The number of nitro benzene ring substituents is 1. The van der Waals surface area contributed by atoms with Crippen molar-refractivity contribution in [1.29, 1.82) is 0 Å². The number of carbonyl (C=O) groups excluding carboxylic acids is 1. The lowest BCUT2D eigenvalue weighted by molar-refractivity contribution is -0.384. The molecule has 1 heterocycles. The minimum Gasteiger partial charge on any atom is -0.496 e. The first-order chi connectivity index (χ1) is 16.8. The second-order valence-corrected chi connectivity index (χ2v) is 8.71. The summed E-state index contributed by atoms with van der Waals surface area (Å²) in [4.78, 5) is 41.7. The summed E-state index contributed by atoms with van der Waals surface area (Å²) in [6.45, 7) is 3.82. The topological polar surface area (TPSA) is 116 Å². The lowest BCUT2D eigenvalue weighted by Gasteiger charge is -2.17. The zero-order valence-corrected chi connectivity index (χ0v) is 20.1. The van der Waals surface area contributed by atoms with Crippen molar-refractivity contribution in [3.05, 3.63) is 92.3 Å². The first kappa shape index (κ1) is 24.0. The Morgan fingerprint density at radius 2 is 1.83 bits per heavy atom. The minimum absolute atomic E-state index is 0.0556. The molecular formula is C25H22N4O5S. The van der Waals surface area contributed by atoms with Gasteiger partial charge in [0.05, 0.1) is 40.4 Å². The molecule has 10 heteroatoms. The summed E-state index contributed by atoms with van der Waals surface area (Å²) < 4.78 is 6.56. The van der Waals surface area contributed by atoms with Gasteiger partial charge in [-0.25, -0.2) is 4.98 Å². The van der Waals surface area contributed by atoms with Crippen molar-refractivity contribution in [1.82, 2.24) is 9.55 Å². The molecule has 0 saturated carbocycles. The number of thioether (sulfide) groups is 1. The van der Waals surface area contributed by atoms with E-state index in [0.717, 1.165) is 22.9 Å². The van der Waals surface area contributed by atoms with Crippen LogP contribution in [0.25, 0.3) is 16.6 Å². The number of methoxy groups -OCH3 is 1. The van der Waals surface area contributed by atoms with E-state index in [9.17, 15) is 19.7 Å². The van der Waals surface area contributed by atoms with Crippen molar-refractivity contribution in [3.63, 3.8) is 0 Å². The Bertz CT molecular complexity index is 1500. The van der Waals surface area contributed by atoms with Gasteiger partial charge in [0, 0.05) is 0 Å². The first-order valence-corrected chi connectivity index (χ1v) is 11.6. The standard InChI is InChI=1S/C25H22N4O5S/c1-15-7-6-8-16(2)23(15)28-24(31)18-9-4-5-10-19(18)27-25(28)35-14-22(30)26-20-12-11-17(34-3)13-21(20)29(32)33/h4-13H,14H2,1-3H3,(H,26,30). The fourth-order valence-corrected chi connectivity index (χ4v) is 4.57. The highest BCUT2D eigenvalue weighted by molar-refractivity contribution is 7.99. The van der Waals surface area contributed by atoms with Crippen molar-refractivity contribution in [2.75, 3.05) is 18.2 Å². The van der Waals surface area contributed by atoms with E-state index >= 15 is 0 Å². The van der Waals surface area contributed by atoms with Crippen LogP contribution in [0.1, 0.15) is 11.1 Å². The zero-order chi connectivity index (χ0) is 25.1. The molecule has 4 rings (SSSR count). The third-order valence-electron chi connectivity index (χ3n) is 5.42. The molecule has 1 N–H and O–H groups in total. The van der Waals surface area contributed by atoms with E-state index in [1.807, 2.05) is 32.0 Å². The number of benzene rings is 3. The van der Waals surface area contributed by atoms with Gasteiger partial charge in [-0.3, -0.25) is 24.3 Å². The molecule has 9 nitrogen and oxygen atoms in total. The van der Waals surface area contributed by atoms with E-state index in [2.05, 4.69) is 10.3 Å². The van der Waals surface area contributed by atoms with Crippen molar-refractivity contribution >= 4 is 39.9 Å². The van der Waals surface area contributed by atoms with Crippen molar-refractivity contribution in [2.45, 2.75) is 19.0 Å². The smallest absolute Gasteiger partial charge is 0.296 e. The SMILES string of the molecule is COc1ccc(NC(=O)CSc2nc3ccccc3c(=O)n2-c2c(C)cccc2C)c([N+](=O)[O-])c1. The van der Waals surface area contributed by atoms with Crippen LogP contribution < -0.4 is 15.6 Å². The number of anilines is 1. The van der Waals surface area contributed by atoms with E-state index in [1.165, 1.54) is 29.9 Å². The molecule has 1 amide bonds. The second-order valence-electron chi connectivity index (χ2n) is 7.77. The van der Waals surface area contributed by atoms with Crippen LogP contribution in [0, 0.1) is 24.0 Å². The summed E-state index contributed by atoms with van der Waals surface area (Å²) in [5.41, 5.74) is 2.56. The summed E-state index contributed by atoms with van der Waals surface area (Å²) in [5, 5.41) is 14.8. The van der Waals surface area contributed by atoms with E-state index < -0.39 is 10.8 Å². The predicted octanol–water partition coefficient (Wildman–Crippen LogP) is 4.65. The van der Waals surface area contributed by atoms with Crippen molar-refractivity contribution in [3.8, 4) is 11.4 Å². The third-order valence-corrected chi connectivity index (χ3v) is 6.35. The number of hydrogen-bond donors (Lipinski definition) is 1. The average molecular weight is 491 g/mol. The van der Waals surface area contributed by atoms with Crippen LogP contribution in [0.3, 0.4) is 0 Å². The van der Waals surface area contributed by atoms with Gasteiger partial charge in [-0.2, -0.15) is 0 Å². The first-order valence-electron chi connectivity index (χ1n) is 10.6. The van der Waals surface area contributed by atoms with E-state index in [1.54, 1.807) is 24.3 Å². The number of rotatable bonds is 7. The highest BCUT2D eigenvalue weighted by atomic mass is 32.2. The van der Waals surface area contributed by atoms with Crippen LogP contribution in [0.5, 0.6) is 5.75 Å². The summed E-state index contributed by atoms with van der Waals surface area (Å²) >= 11 is 1.08. The number of nitro groups is 1. The summed E-state index contributed by atoms with van der Waals surface area (Å²) in [5.74, 6) is -0.278. The van der Waals surface area contributed by atoms with Crippen molar-refractivity contribution in [2.24, 2.45) is 0 Å². The molecule has 0 spiro atoms. The Hall–Kier alpha value is -4.18. The molecule has 35 heavy (non-hydrogen) atoms. The van der Waals surface area contributed by atoms with Gasteiger partial charge in [-0.05, 0) is 49.2 Å². The third kappa shape index (κ3) is 4.87. The lowest BCUT2D eigenvalue weighted by Crippen LogP contribution is -2.24. The van der Waals surface area contributed by atoms with E-state index in [0.29, 0.717) is 27.5 Å². The highest BCUT2D eigenvalue weighted by Crippen LogP contribution is 2.30. The molecular weight excluding hydrogens is 468 g/mol. The van der Waals surface area contributed by atoms with Gasteiger partial charge in [0.1, 0.15) is 11.4 Å². The number of aromatic nitrogens is 2. The molecule has 0 atom stereocenters. The van der Waals surface area contributed by atoms with Crippen LogP contribution in [-0.2, 0) is 4.79 Å². The summed E-state index contributed by atoms with van der Waals surface area (Å²) in [6.07, 6.45) is 0. The van der Waals surface area contributed by atoms with Gasteiger partial charge in [0.2, 0.25) is 5.91 Å². The fraction of sp³-hybridized carbons (Fsp3) is 0.160. The Morgan fingerprint density at radius 1 is 1.11 bits per heavy atom. The molecule has 0 saturated heterocycles. The highest BCUT2D eigenvalue weighted by Gasteiger charge is 2.20. The molecule has 3 aromatic carbocycles. The zero-order valence-electron chi connectivity index (χ0n) is 19.3. The van der Waals surface area contributed by atoms with E-state index in [-0.39, 0.29) is 22.7 Å². The number of hydrogen-bond acceptors (Lipinski definition) is 7. The van der Waals surface area contributed by atoms with Gasteiger partial charge in [0.25, 0.3) is 11.2 Å². The maximum Gasteiger partial charge on any atom is 0.296 e. The van der Waals surface area contributed by atoms with Gasteiger partial charge in [-0.15, -0.1) is 0 Å². The molecule has 4 aromatic rings. The van der Waals surface area contributed by atoms with Gasteiger partial charge in [0.15, 0.2) is 5.16 Å². The molecule has 0 bridgehead atoms. The summed E-state index contributed by atoms with van der Waals surface area (Å²) in [7, 11) is 1.40. The molecule has 0 aliphatic rings. The Balaban J connectivity index is 1.69. The quantitative estimate of drug-likeness (QED) is 0.173. The Morgan fingerprint density at radius 3 is 2.51 bits per heavy atom. The largest absolute Gasteiger partial charge is 0.496 e. The van der Waals surface area contributed by atoms with Crippen LogP contribution in [0.2, 0.25) is 0 Å². The number of ether oxygens (including phenoxy) is 1. The van der Waals surface area contributed by atoms with Gasteiger partial charge in [-0.1, -0.05) is 42.1 Å². The van der Waals surface area contributed by atoms with Crippen molar-refractivity contribution < 1.29 is 14.5 Å². The molecule has 0 unspecified atom stereocenters. The van der Waals surface area contributed by atoms with Crippen LogP contribution in [0.4, 0.5) is 11.4 Å². The van der Waals surface area contributed by atoms with Crippen LogP contribution >= 0.6 is 11.8 Å². The Kier molecular flexibility index (Phi) is 6.83. The maximum atomic E-state index is 13.5. The fourth-order valence-electron chi connectivity index (χ4n) is 3.78. The summed E-state index contributed by atoms with van der Waals surface area (Å²) in [6, 6.07) is 17.0. The van der Waals surface area contributed by atoms with Crippen LogP contribution in [-0.4, -0.2) is 33.2 Å². The maximum absolute atomic E-state index is 13.5. The van der Waals surface area contributed by atoms with Gasteiger partial charge >= 0.3 is 0 Å².